The zero-order chi connectivity index (χ0) is 20.7. The molecule has 0 aliphatic rings. The van der Waals surface area contributed by atoms with E-state index in [0.717, 1.165) is 18.1 Å². The van der Waals surface area contributed by atoms with E-state index in [1.807, 2.05) is 37.3 Å². The van der Waals surface area contributed by atoms with E-state index >= 15 is 0 Å². The van der Waals surface area contributed by atoms with Gasteiger partial charge in [0.25, 0.3) is 11.6 Å². The molecular weight excluding hydrogens is 362 g/mol. The van der Waals surface area contributed by atoms with Gasteiger partial charge in [-0.25, -0.2) is 4.79 Å². The van der Waals surface area contributed by atoms with E-state index in [-0.39, 0.29) is 22.9 Å². The summed E-state index contributed by atoms with van der Waals surface area (Å²) in [7, 11) is 0. The van der Waals surface area contributed by atoms with Crippen LogP contribution in [0.15, 0.2) is 48.5 Å². The molecule has 0 saturated carbocycles. The highest BCUT2D eigenvalue weighted by Crippen LogP contribution is 2.23. The van der Waals surface area contributed by atoms with Gasteiger partial charge in [0, 0.05) is 18.5 Å². The summed E-state index contributed by atoms with van der Waals surface area (Å²) >= 11 is 0. The Morgan fingerprint density at radius 3 is 2.50 bits per heavy atom. The summed E-state index contributed by atoms with van der Waals surface area (Å²) in [5.74, 6) is -1.12. The number of ether oxygens (including phenoxy) is 1. The Balaban J connectivity index is 1.95. The molecule has 8 heteroatoms. The van der Waals surface area contributed by atoms with Crippen molar-refractivity contribution in [1.29, 1.82) is 0 Å². The van der Waals surface area contributed by atoms with E-state index in [2.05, 4.69) is 5.32 Å². The van der Waals surface area contributed by atoms with Crippen LogP contribution >= 0.6 is 0 Å². The quantitative estimate of drug-likeness (QED) is 0.311. The van der Waals surface area contributed by atoms with Crippen molar-refractivity contribution in [1.82, 2.24) is 5.32 Å². The first-order valence-electron chi connectivity index (χ1n) is 8.91. The number of benzene rings is 2. The van der Waals surface area contributed by atoms with Crippen LogP contribution in [0.4, 0.5) is 11.4 Å². The number of carbonyl (C=O) groups is 2. The Kier molecular flexibility index (Phi) is 7.08. The van der Waals surface area contributed by atoms with Gasteiger partial charge in [-0.2, -0.15) is 0 Å². The van der Waals surface area contributed by atoms with Gasteiger partial charge < -0.3 is 15.8 Å². The summed E-state index contributed by atoms with van der Waals surface area (Å²) in [4.78, 5) is 34.7. The largest absolute Gasteiger partial charge is 0.449 e. The fourth-order valence-electron chi connectivity index (χ4n) is 2.70. The number of amides is 1. The lowest BCUT2D eigenvalue weighted by molar-refractivity contribution is -0.383. The molecule has 0 aliphatic heterocycles. The number of esters is 1. The summed E-state index contributed by atoms with van der Waals surface area (Å²) in [5.41, 5.74) is 6.14. The second kappa shape index (κ2) is 9.50. The summed E-state index contributed by atoms with van der Waals surface area (Å²) in [6, 6.07) is 13.4. The number of hydrogen-bond donors (Lipinski definition) is 2. The van der Waals surface area contributed by atoms with Crippen molar-refractivity contribution in [3.05, 3.63) is 69.8 Å². The lowest BCUT2D eigenvalue weighted by atomic mass is 9.96. The van der Waals surface area contributed by atoms with Gasteiger partial charge in [-0.15, -0.1) is 0 Å². The third-order valence-corrected chi connectivity index (χ3v) is 4.40. The fourth-order valence-corrected chi connectivity index (χ4v) is 2.70. The molecule has 8 nitrogen and oxygen atoms in total. The van der Waals surface area contributed by atoms with Gasteiger partial charge in [-0.3, -0.25) is 14.9 Å². The van der Waals surface area contributed by atoms with E-state index in [1.54, 1.807) is 0 Å². The SMILES string of the molecule is CC[C@@H](CNC(=O)[C@@H](C)OC(=O)c1ccc(N)c([N+](=O)[O-])c1)c1ccccc1. The van der Waals surface area contributed by atoms with Crippen LogP contribution in [0.3, 0.4) is 0 Å². The lowest BCUT2D eigenvalue weighted by Crippen LogP contribution is -2.38. The molecule has 0 unspecified atom stereocenters. The van der Waals surface area contributed by atoms with Crippen LogP contribution in [-0.2, 0) is 9.53 Å². The second-order valence-electron chi connectivity index (χ2n) is 6.34. The van der Waals surface area contributed by atoms with Crippen molar-refractivity contribution in [2.24, 2.45) is 0 Å². The van der Waals surface area contributed by atoms with Crippen molar-refractivity contribution in [3.8, 4) is 0 Å². The number of carbonyl (C=O) groups excluding carboxylic acids is 2. The van der Waals surface area contributed by atoms with Crippen LogP contribution in [-0.4, -0.2) is 29.4 Å². The molecule has 0 bridgehead atoms. The summed E-state index contributed by atoms with van der Waals surface area (Å²) in [6.07, 6.45) is -0.203. The van der Waals surface area contributed by atoms with Crippen molar-refractivity contribution in [2.45, 2.75) is 32.3 Å². The van der Waals surface area contributed by atoms with Gasteiger partial charge in [-0.1, -0.05) is 37.3 Å². The molecule has 2 rings (SSSR count). The smallest absolute Gasteiger partial charge is 0.339 e. The lowest BCUT2D eigenvalue weighted by Gasteiger charge is -2.18. The molecule has 1 amide bonds. The first-order chi connectivity index (χ1) is 13.3. The van der Waals surface area contributed by atoms with Gasteiger partial charge >= 0.3 is 5.97 Å². The monoisotopic (exact) mass is 385 g/mol. The van der Waals surface area contributed by atoms with E-state index < -0.39 is 22.9 Å². The van der Waals surface area contributed by atoms with Gasteiger partial charge in [-0.05, 0) is 31.0 Å². The average Bonchev–Trinajstić information content (AvgIpc) is 2.69. The zero-order valence-electron chi connectivity index (χ0n) is 15.8. The van der Waals surface area contributed by atoms with Crippen LogP contribution in [0.2, 0.25) is 0 Å². The maximum Gasteiger partial charge on any atom is 0.339 e. The van der Waals surface area contributed by atoms with Gasteiger partial charge in [0.15, 0.2) is 6.10 Å². The number of nitrogen functional groups attached to an aromatic ring is 1. The summed E-state index contributed by atoms with van der Waals surface area (Å²) in [6.45, 7) is 3.89. The minimum atomic E-state index is -1.04. The van der Waals surface area contributed by atoms with Gasteiger partial charge in [0.05, 0.1) is 10.5 Å². The number of rotatable bonds is 8. The molecule has 2 aromatic carbocycles. The van der Waals surface area contributed by atoms with Crippen LogP contribution in [0.1, 0.15) is 42.1 Å². The molecule has 0 radical (unpaired) electrons. The highest BCUT2D eigenvalue weighted by molar-refractivity contribution is 5.93. The predicted octanol–water partition coefficient (Wildman–Crippen LogP) is 3.03. The molecule has 0 fully saturated rings. The van der Waals surface area contributed by atoms with E-state index in [4.69, 9.17) is 10.5 Å². The Morgan fingerprint density at radius 1 is 1.21 bits per heavy atom. The van der Waals surface area contributed by atoms with Gasteiger partial charge in [0.2, 0.25) is 0 Å². The predicted molar refractivity (Wildman–Crippen MR) is 105 cm³/mol. The van der Waals surface area contributed by atoms with Crippen molar-refractivity contribution in [3.63, 3.8) is 0 Å². The number of nitrogens with zero attached hydrogens (tertiary/aromatic N) is 1. The van der Waals surface area contributed by atoms with E-state index in [1.165, 1.54) is 19.1 Å². The number of nitrogens with two attached hydrogens (primary N) is 1. The molecule has 0 heterocycles. The topological polar surface area (TPSA) is 125 Å². The van der Waals surface area contributed by atoms with Crippen LogP contribution in [0.25, 0.3) is 0 Å². The molecule has 3 N–H and O–H groups in total. The average molecular weight is 385 g/mol. The van der Waals surface area contributed by atoms with Crippen LogP contribution in [0, 0.1) is 10.1 Å². The Morgan fingerprint density at radius 2 is 1.89 bits per heavy atom. The zero-order valence-corrected chi connectivity index (χ0v) is 15.8. The third kappa shape index (κ3) is 5.29. The second-order valence-corrected chi connectivity index (χ2v) is 6.34. The first-order valence-corrected chi connectivity index (χ1v) is 8.91. The number of nitrogens with one attached hydrogen (secondary N) is 1. The van der Waals surface area contributed by atoms with E-state index in [9.17, 15) is 19.7 Å². The van der Waals surface area contributed by atoms with Crippen LogP contribution in [0.5, 0.6) is 0 Å². The molecule has 0 aliphatic carbocycles. The fraction of sp³-hybridized carbons (Fsp3) is 0.300. The van der Waals surface area contributed by atoms with Crippen molar-refractivity contribution >= 4 is 23.3 Å². The van der Waals surface area contributed by atoms with Gasteiger partial charge in [0.1, 0.15) is 5.69 Å². The molecule has 0 aromatic heterocycles. The van der Waals surface area contributed by atoms with Crippen molar-refractivity contribution in [2.75, 3.05) is 12.3 Å². The number of nitro groups is 1. The molecule has 0 spiro atoms. The first kappa shape index (κ1) is 20.9. The third-order valence-electron chi connectivity index (χ3n) is 4.40. The molecule has 2 aromatic rings. The summed E-state index contributed by atoms with van der Waals surface area (Å²) < 4.78 is 5.13. The minimum Gasteiger partial charge on any atom is -0.449 e. The molecule has 2 atom stereocenters. The van der Waals surface area contributed by atoms with Crippen molar-refractivity contribution < 1.29 is 19.2 Å². The Hall–Kier alpha value is -3.42. The minimum absolute atomic E-state index is 0.0451. The molecular formula is C20H23N3O5. The Bertz CT molecular complexity index is 854. The maximum atomic E-state index is 12.3. The maximum absolute atomic E-state index is 12.3. The van der Waals surface area contributed by atoms with Crippen LogP contribution < -0.4 is 11.1 Å². The standard InChI is InChI=1S/C20H23N3O5/c1-3-14(15-7-5-4-6-8-15)12-22-19(24)13(2)28-20(25)16-9-10-17(21)18(11-16)23(26)27/h4-11,13-14H,3,12,21H2,1-2H3,(H,22,24)/t13-,14+/m1/s1. The highest BCUT2D eigenvalue weighted by atomic mass is 16.6. The van der Waals surface area contributed by atoms with E-state index in [0.29, 0.717) is 6.54 Å². The summed E-state index contributed by atoms with van der Waals surface area (Å²) in [5, 5.41) is 13.7. The molecule has 148 valence electrons. The number of hydrogen-bond acceptors (Lipinski definition) is 6. The number of anilines is 1. The number of nitro benzene ring substituents is 1. The molecule has 28 heavy (non-hydrogen) atoms. The highest BCUT2D eigenvalue weighted by Gasteiger charge is 2.22. The Labute approximate surface area is 162 Å². The normalized spacial score (nSPS) is 12.6. The molecule has 0 saturated heterocycles.